The highest BCUT2D eigenvalue weighted by atomic mass is 32.1. The Morgan fingerprint density at radius 3 is 2.70 bits per heavy atom. The lowest BCUT2D eigenvalue weighted by molar-refractivity contribution is 0.549. The first-order chi connectivity index (χ1) is 9.65. The minimum absolute atomic E-state index is 0.675. The van der Waals surface area contributed by atoms with Gasteiger partial charge in [0.2, 0.25) is 0 Å². The smallest absolute Gasteiger partial charge is 0.185 e. The Morgan fingerprint density at radius 1 is 1.25 bits per heavy atom. The molecule has 0 atom stereocenters. The molecule has 1 N–H and O–H groups in total. The van der Waals surface area contributed by atoms with Crippen LogP contribution in [0.1, 0.15) is 25.1 Å². The van der Waals surface area contributed by atoms with Gasteiger partial charge in [-0.25, -0.2) is 4.98 Å². The lowest BCUT2D eigenvalue weighted by Crippen LogP contribution is -2.19. The summed E-state index contributed by atoms with van der Waals surface area (Å²) in [5.74, 6) is 0.675. The topological polar surface area (TPSA) is 28.2 Å². The number of hydrogen-bond acceptors (Lipinski definition) is 4. The van der Waals surface area contributed by atoms with E-state index in [9.17, 15) is 0 Å². The van der Waals surface area contributed by atoms with Crippen LogP contribution in [0.5, 0.6) is 0 Å². The first kappa shape index (κ1) is 15.0. The van der Waals surface area contributed by atoms with E-state index in [-0.39, 0.29) is 0 Å². The molecule has 0 bridgehead atoms. The van der Waals surface area contributed by atoms with Crippen molar-refractivity contribution >= 4 is 16.5 Å². The molecule has 20 heavy (non-hydrogen) atoms. The Kier molecular flexibility index (Phi) is 5.56. The van der Waals surface area contributed by atoms with Gasteiger partial charge >= 0.3 is 0 Å². The van der Waals surface area contributed by atoms with Gasteiger partial charge in [-0.2, -0.15) is 0 Å². The van der Waals surface area contributed by atoms with E-state index in [1.54, 1.807) is 11.3 Å². The van der Waals surface area contributed by atoms with Gasteiger partial charge in [0.1, 0.15) is 0 Å². The minimum Gasteiger partial charge on any atom is -0.347 e. The number of anilines is 1. The molecule has 0 aliphatic heterocycles. The van der Waals surface area contributed by atoms with Gasteiger partial charge in [0.15, 0.2) is 5.13 Å². The summed E-state index contributed by atoms with van der Waals surface area (Å²) in [5, 5.41) is 6.65. The number of rotatable bonds is 7. The summed E-state index contributed by atoms with van der Waals surface area (Å²) in [4.78, 5) is 6.89. The molecule has 0 fully saturated rings. The molecule has 0 saturated carbocycles. The van der Waals surface area contributed by atoms with Crippen molar-refractivity contribution in [3.63, 3.8) is 0 Å². The van der Waals surface area contributed by atoms with Crippen LogP contribution in [0.2, 0.25) is 0 Å². The molecule has 0 aliphatic carbocycles. The van der Waals surface area contributed by atoms with E-state index < -0.39 is 0 Å². The van der Waals surface area contributed by atoms with Gasteiger partial charge in [0.25, 0.3) is 0 Å². The van der Waals surface area contributed by atoms with Crippen molar-refractivity contribution in [3.8, 4) is 0 Å². The summed E-state index contributed by atoms with van der Waals surface area (Å²) in [6, 6.07) is 10.5. The van der Waals surface area contributed by atoms with Crippen LogP contribution in [-0.4, -0.2) is 18.6 Å². The molecule has 0 saturated heterocycles. The molecule has 3 nitrogen and oxygen atoms in total. The van der Waals surface area contributed by atoms with Crippen LogP contribution >= 0.6 is 11.3 Å². The highest BCUT2D eigenvalue weighted by molar-refractivity contribution is 7.13. The summed E-state index contributed by atoms with van der Waals surface area (Å²) in [5.41, 5.74) is 2.44. The molecule has 1 aromatic heterocycles. The lowest BCUT2D eigenvalue weighted by atomic mass is 10.2. The fourth-order valence-corrected chi connectivity index (χ4v) is 2.76. The third-order valence-corrected chi connectivity index (χ3v) is 3.99. The van der Waals surface area contributed by atoms with Crippen LogP contribution < -0.4 is 10.2 Å². The molecule has 1 heterocycles. The molecule has 2 aromatic rings. The van der Waals surface area contributed by atoms with Crippen LogP contribution in [0.25, 0.3) is 0 Å². The second-order valence-corrected chi connectivity index (χ2v) is 6.32. The third kappa shape index (κ3) is 4.62. The van der Waals surface area contributed by atoms with E-state index in [0.29, 0.717) is 5.92 Å². The van der Waals surface area contributed by atoms with Crippen LogP contribution in [0, 0.1) is 5.92 Å². The average molecular weight is 289 g/mol. The first-order valence-electron chi connectivity index (χ1n) is 7.05. The zero-order chi connectivity index (χ0) is 14.4. The van der Waals surface area contributed by atoms with Crippen molar-refractivity contribution in [1.82, 2.24) is 10.3 Å². The van der Waals surface area contributed by atoms with Crippen LogP contribution in [0.4, 0.5) is 5.13 Å². The molecule has 0 radical (unpaired) electrons. The number of benzene rings is 1. The van der Waals surface area contributed by atoms with E-state index in [1.807, 2.05) is 6.07 Å². The van der Waals surface area contributed by atoms with Gasteiger partial charge in [-0.05, 0) is 18.0 Å². The normalized spacial score (nSPS) is 11.0. The Morgan fingerprint density at radius 2 is 2.00 bits per heavy atom. The Balaban J connectivity index is 1.88. The summed E-state index contributed by atoms with van der Waals surface area (Å²) < 4.78 is 0. The number of aromatic nitrogens is 1. The summed E-state index contributed by atoms with van der Waals surface area (Å²) >= 11 is 1.71. The van der Waals surface area contributed by atoms with Crippen molar-refractivity contribution in [2.45, 2.75) is 26.9 Å². The van der Waals surface area contributed by atoms with Crippen molar-refractivity contribution < 1.29 is 0 Å². The second-order valence-electron chi connectivity index (χ2n) is 5.49. The molecule has 1 aromatic carbocycles. The van der Waals surface area contributed by atoms with E-state index in [4.69, 9.17) is 0 Å². The molecule has 0 unspecified atom stereocenters. The SMILES string of the molecule is CC(C)CNCc1csc(N(C)Cc2ccccc2)n1. The van der Waals surface area contributed by atoms with Gasteiger partial charge in [-0.1, -0.05) is 44.2 Å². The van der Waals surface area contributed by atoms with E-state index >= 15 is 0 Å². The van der Waals surface area contributed by atoms with Gasteiger partial charge in [-0.3, -0.25) is 0 Å². The number of nitrogens with zero attached hydrogens (tertiary/aromatic N) is 2. The fraction of sp³-hybridized carbons (Fsp3) is 0.438. The number of thiazole rings is 1. The molecule has 2 rings (SSSR count). The third-order valence-electron chi connectivity index (χ3n) is 2.99. The minimum atomic E-state index is 0.675. The van der Waals surface area contributed by atoms with Crippen molar-refractivity contribution in [1.29, 1.82) is 0 Å². The Hall–Kier alpha value is -1.39. The van der Waals surface area contributed by atoms with Crippen LogP contribution in [0.15, 0.2) is 35.7 Å². The summed E-state index contributed by atoms with van der Waals surface area (Å²) in [7, 11) is 2.09. The molecule has 0 aliphatic rings. The zero-order valence-electron chi connectivity index (χ0n) is 12.5. The lowest BCUT2D eigenvalue weighted by Gasteiger charge is -2.15. The number of nitrogens with one attached hydrogen (secondary N) is 1. The Bertz CT molecular complexity index is 507. The molecule has 108 valence electrons. The van der Waals surface area contributed by atoms with Gasteiger partial charge in [0, 0.05) is 25.5 Å². The monoisotopic (exact) mass is 289 g/mol. The maximum Gasteiger partial charge on any atom is 0.185 e. The molecule has 0 spiro atoms. The maximum atomic E-state index is 4.69. The standard InChI is InChI=1S/C16H23N3S/c1-13(2)9-17-10-15-12-20-16(18-15)19(3)11-14-7-5-4-6-8-14/h4-8,12-13,17H,9-11H2,1-3H3. The zero-order valence-corrected chi connectivity index (χ0v) is 13.3. The molecule has 0 amide bonds. The molecule has 4 heteroatoms. The first-order valence-corrected chi connectivity index (χ1v) is 7.93. The predicted molar refractivity (Wildman–Crippen MR) is 87.2 cm³/mol. The highest BCUT2D eigenvalue weighted by Gasteiger charge is 2.07. The quantitative estimate of drug-likeness (QED) is 0.845. The number of hydrogen-bond donors (Lipinski definition) is 1. The highest BCUT2D eigenvalue weighted by Crippen LogP contribution is 2.21. The van der Waals surface area contributed by atoms with Gasteiger partial charge in [0.05, 0.1) is 5.69 Å². The van der Waals surface area contributed by atoms with E-state index in [1.165, 1.54) is 5.56 Å². The van der Waals surface area contributed by atoms with Crippen molar-refractivity contribution in [3.05, 3.63) is 47.0 Å². The largest absolute Gasteiger partial charge is 0.347 e. The second kappa shape index (κ2) is 7.41. The van der Waals surface area contributed by atoms with E-state index in [0.717, 1.165) is 30.5 Å². The average Bonchev–Trinajstić information content (AvgIpc) is 2.88. The van der Waals surface area contributed by atoms with Gasteiger partial charge in [-0.15, -0.1) is 11.3 Å². The van der Waals surface area contributed by atoms with Crippen LogP contribution in [-0.2, 0) is 13.1 Å². The summed E-state index contributed by atoms with van der Waals surface area (Å²) in [6.45, 7) is 7.22. The van der Waals surface area contributed by atoms with Gasteiger partial charge < -0.3 is 10.2 Å². The van der Waals surface area contributed by atoms with E-state index in [2.05, 4.69) is 65.7 Å². The Labute approximate surface area is 125 Å². The van der Waals surface area contributed by atoms with Crippen molar-refractivity contribution in [2.24, 2.45) is 5.92 Å². The fourth-order valence-electron chi connectivity index (χ4n) is 1.97. The summed E-state index contributed by atoms with van der Waals surface area (Å²) in [6.07, 6.45) is 0. The molecular weight excluding hydrogens is 266 g/mol. The predicted octanol–water partition coefficient (Wildman–Crippen LogP) is 3.53. The van der Waals surface area contributed by atoms with Crippen LogP contribution in [0.3, 0.4) is 0 Å². The maximum absolute atomic E-state index is 4.69. The molecular formula is C16H23N3S. The van der Waals surface area contributed by atoms with Crippen molar-refractivity contribution in [2.75, 3.05) is 18.5 Å².